The van der Waals surface area contributed by atoms with E-state index in [4.69, 9.17) is 9.25 Å². The Morgan fingerprint density at radius 2 is 2.29 bits per heavy atom. The Kier molecular flexibility index (Phi) is 8.25. The molecule has 6 heteroatoms. The van der Waals surface area contributed by atoms with Gasteiger partial charge in [0, 0.05) is 19.0 Å². The third kappa shape index (κ3) is 5.91. The van der Waals surface area contributed by atoms with Crippen LogP contribution in [0.25, 0.3) is 0 Å². The smallest absolute Gasteiger partial charge is 0.260 e. The van der Waals surface area contributed by atoms with Gasteiger partial charge in [-0.3, -0.25) is 14.5 Å². The molecule has 1 aromatic rings. The van der Waals surface area contributed by atoms with Crippen molar-refractivity contribution in [2.45, 2.75) is 64.8 Å². The highest BCUT2D eigenvalue weighted by Crippen LogP contribution is 2.21. The quantitative estimate of drug-likeness (QED) is 0.614. The van der Waals surface area contributed by atoms with Crippen LogP contribution >= 0.6 is 0 Å². The lowest BCUT2D eigenvalue weighted by Crippen LogP contribution is -2.47. The van der Waals surface area contributed by atoms with Gasteiger partial charge in [0.1, 0.15) is 6.26 Å². The van der Waals surface area contributed by atoms with E-state index in [1.807, 2.05) is 0 Å². The molecule has 1 aromatic heterocycles. The second kappa shape index (κ2) is 10.5. The molecule has 0 N–H and O–H groups in total. The van der Waals surface area contributed by atoms with Gasteiger partial charge in [-0.15, -0.1) is 0 Å². The summed E-state index contributed by atoms with van der Waals surface area (Å²) < 4.78 is 5.33. The van der Waals surface area contributed by atoms with Gasteiger partial charge in [-0.25, -0.2) is 10.0 Å². The Hall–Kier alpha value is -1.40. The van der Waals surface area contributed by atoms with Crippen LogP contribution in [0.2, 0.25) is 0 Å². The first-order valence-corrected chi connectivity index (χ1v) is 9.30. The number of hydroxylamine groups is 2. The summed E-state index contributed by atoms with van der Waals surface area (Å²) in [6, 6.07) is 0.421. The molecular weight excluding hydrogens is 306 g/mol. The number of nitrogens with zero attached hydrogens (tertiary/aromatic N) is 3. The second-order valence-electron chi connectivity index (χ2n) is 6.41. The molecule has 6 nitrogen and oxygen atoms in total. The molecule has 0 aliphatic carbocycles. The number of piperidine rings is 1. The number of hydrogen-bond donors (Lipinski definition) is 0. The average molecular weight is 337 g/mol. The van der Waals surface area contributed by atoms with Gasteiger partial charge in [0.05, 0.1) is 19.3 Å². The number of likely N-dealkylation sites (tertiary alicyclic amines) is 1. The first-order chi connectivity index (χ1) is 11.7. The van der Waals surface area contributed by atoms with Crippen molar-refractivity contribution >= 4 is 5.91 Å². The molecule has 136 valence electrons. The predicted octanol–water partition coefficient (Wildman–Crippen LogP) is 3.04. The van der Waals surface area contributed by atoms with Crippen molar-refractivity contribution in [2.24, 2.45) is 0 Å². The van der Waals surface area contributed by atoms with Crippen LogP contribution in [0.1, 0.15) is 58.3 Å². The SMILES string of the molecule is CCCON(CCC)C(=O)CN1CCCCC1CCc1ncco1. The van der Waals surface area contributed by atoms with E-state index >= 15 is 0 Å². The van der Waals surface area contributed by atoms with Crippen LogP contribution in [0.4, 0.5) is 0 Å². The molecule has 1 aliphatic heterocycles. The van der Waals surface area contributed by atoms with Crippen molar-refractivity contribution in [1.29, 1.82) is 0 Å². The van der Waals surface area contributed by atoms with E-state index in [0.717, 1.165) is 51.0 Å². The zero-order valence-electron chi connectivity index (χ0n) is 15.1. The number of oxazole rings is 1. The van der Waals surface area contributed by atoms with Crippen molar-refractivity contribution in [3.8, 4) is 0 Å². The minimum atomic E-state index is 0.0772. The van der Waals surface area contributed by atoms with Crippen molar-refractivity contribution in [3.63, 3.8) is 0 Å². The summed E-state index contributed by atoms with van der Waals surface area (Å²) in [5.41, 5.74) is 0. The van der Waals surface area contributed by atoms with E-state index in [1.54, 1.807) is 17.5 Å². The lowest BCUT2D eigenvalue weighted by Gasteiger charge is -2.36. The molecule has 24 heavy (non-hydrogen) atoms. The second-order valence-corrected chi connectivity index (χ2v) is 6.41. The number of carbonyl (C=O) groups is 1. The molecule has 0 radical (unpaired) electrons. The molecule has 1 fully saturated rings. The Morgan fingerprint density at radius 1 is 1.42 bits per heavy atom. The molecule has 0 spiro atoms. The van der Waals surface area contributed by atoms with Gasteiger partial charge in [-0.1, -0.05) is 20.3 Å². The van der Waals surface area contributed by atoms with E-state index in [9.17, 15) is 4.79 Å². The molecule has 2 heterocycles. The van der Waals surface area contributed by atoms with E-state index in [0.29, 0.717) is 25.7 Å². The molecule has 2 rings (SSSR count). The summed E-state index contributed by atoms with van der Waals surface area (Å²) in [7, 11) is 0. The lowest BCUT2D eigenvalue weighted by molar-refractivity contribution is -0.188. The molecule has 1 saturated heterocycles. The van der Waals surface area contributed by atoms with Crippen molar-refractivity contribution in [1.82, 2.24) is 14.9 Å². The lowest BCUT2D eigenvalue weighted by atomic mass is 9.98. The highest BCUT2D eigenvalue weighted by Gasteiger charge is 2.26. The molecule has 1 unspecified atom stereocenters. The van der Waals surface area contributed by atoms with E-state index in [-0.39, 0.29) is 5.91 Å². The van der Waals surface area contributed by atoms with Gasteiger partial charge in [-0.05, 0) is 38.6 Å². The van der Waals surface area contributed by atoms with E-state index < -0.39 is 0 Å². The largest absolute Gasteiger partial charge is 0.449 e. The van der Waals surface area contributed by atoms with Crippen molar-refractivity contribution in [3.05, 3.63) is 18.4 Å². The Morgan fingerprint density at radius 3 is 3.00 bits per heavy atom. The maximum absolute atomic E-state index is 12.6. The minimum absolute atomic E-state index is 0.0772. The van der Waals surface area contributed by atoms with E-state index in [2.05, 4.69) is 23.7 Å². The van der Waals surface area contributed by atoms with Gasteiger partial charge in [0.25, 0.3) is 5.91 Å². The monoisotopic (exact) mass is 337 g/mol. The Bertz CT molecular complexity index is 464. The highest BCUT2D eigenvalue weighted by molar-refractivity contribution is 5.77. The summed E-state index contributed by atoms with van der Waals surface area (Å²) in [6.07, 6.45) is 10.5. The molecule has 1 aliphatic rings. The van der Waals surface area contributed by atoms with Gasteiger partial charge in [-0.2, -0.15) is 0 Å². The average Bonchev–Trinajstić information content (AvgIpc) is 3.11. The first kappa shape index (κ1) is 18.9. The van der Waals surface area contributed by atoms with Crippen LogP contribution < -0.4 is 0 Å². The molecule has 0 bridgehead atoms. The fraction of sp³-hybridized carbons (Fsp3) is 0.778. The normalized spacial score (nSPS) is 18.7. The fourth-order valence-electron chi connectivity index (χ4n) is 3.18. The van der Waals surface area contributed by atoms with Crippen molar-refractivity contribution < 1.29 is 14.0 Å². The predicted molar refractivity (Wildman–Crippen MR) is 92.3 cm³/mol. The number of rotatable bonds is 10. The van der Waals surface area contributed by atoms with Crippen LogP contribution in [0.3, 0.4) is 0 Å². The molecule has 1 atom stereocenters. The standard InChI is InChI=1S/C18H31N3O3/c1-3-11-21(24-13-4-2)18(22)15-20-12-6-5-7-16(20)8-9-17-19-10-14-23-17/h10,14,16H,3-9,11-13,15H2,1-2H3. The van der Waals surface area contributed by atoms with Crippen molar-refractivity contribution in [2.75, 3.05) is 26.2 Å². The number of aryl methyl sites for hydroxylation is 1. The van der Waals surface area contributed by atoms with Crippen LogP contribution in [-0.4, -0.2) is 53.1 Å². The zero-order chi connectivity index (χ0) is 17.2. The topological polar surface area (TPSA) is 58.8 Å². The number of aromatic nitrogens is 1. The van der Waals surface area contributed by atoms with Crippen LogP contribution in [0, 0.1) is 0 Å². The Labute approximate surface area is 145 Å². The first-order valence-electron chi connectivity index (χ1n) is 9.30. The van der Waals surface area contributed by atoms with Crippen LogP contribution in [0.15, 0.2) is 16.9 Å². The third-order valence-electron chi connectivity index (χ3n) is 4.42. The summed E-state index contributed by atoms with van der Waals surface area (Å²) in [6.45, 7) is 6.80. The summed E-state index contributed by atoms with van der Waals surface area (Å²) in [4.78, 5) is 24.7. The molecule has 0 saturated carbocycles. The van der Waals surface area contributed by atoms with Crippen LogP contribution in [-0.2, 0) is 16.1 Å². The maximum Gasteiger partial charge on any atom is 0.260 e. The van der Waals surface area contributed by atoms with E-state index in [1.165, 1.54) is 6.42 Å². The molecule has 1 amide bonds. The molecule has 0 aromatic carbocycles. The van der Waals surface area contributed by atoms with Gasteiger partial charge >= 0.3 is 0 Å². The Balaban J connectivity index is 1.87. The zero-order valence-corrected chi connectivity index (χ0v) is 15.1. The molecular formula is C18H31N3O3. The number of amides is 1. The fourth-order valence-corrected chi connectivity index (χ4v) is 3.18. The summed E-state index contributed by atoms with van der Waals surface area (Å²) in [5.74, 6) is 0.860. The third-order valence-corrected chi connectivity index (χ3v) is 4.42. The van der Waals surface area contributed by atoms with Crippen LogP contribution in [0.5, 0.6) is 0 Å². The number of carbonyl (C=O) groups excluding carboxylic acids is 1. The van der Waals surface area contributed by atoms with Gasteiger partial charge in [0.15, 0.2) is 5.89 Å². The highest BCUT2D eigenvalue weighted by atomic mass is 16.7. The van der Waals surface area contributed by atoms with Gasteiger partial charge in [0.2, 0.25) is 0 Å². The summed E-state index contributed by atoms with van der Waals surface area (Å²) in [5, 5.41) is 1.56. The maximum atomic E-state index is 12.6. The summed E-state index contributed by atoms with van der Waals surface area (Å²) >= 11 is 0. The van der Waals surface area contributed by atoms with Gasteiger partial charge < -0.3 is 4.42 Å². The minimum Gasteiger partial charge on any atom is -0.449 e. The number of hydrogen-bond acceptors (Lipinski definition) is 5.